The van der Waals surface area contributed by atoms with Crippen LogP contribution in [0.2, 0.25) is 0 Å². The van der Waals surface area contributed by atoms with E-state index in [2.05, 4.69) is 20.4 Å². The molecule has 1 aliphatic rings. The summed E-state index contributed by atoms with van der Waals surface area (Å²) in [7, 11) is 3.88. The van der Waals surface area contributed by atoms with E-state index in [0.29, 0.717) is 12.2 Å². The number of nitrogens with zero attached hydrogens (tertiary/aromatic N) is 3. The Kier molecular flexibility index (Phi) is 7.07. The summed E-state index contributed by atoms with van der Waals surface area (Å²) < 4.78 is 5.87. The largest absolute Gasteiger partial charge is 0.492 e. The van der Waals surface area contributed by atoms with E-state index in [1.165, 1.54) is 32.4 Å². The van der Waals surface area contributed by atoms with Crippen LogP contribution >= 0.6 is 0 Å². The number of aromatic nitrogens is 2. The van der Waals surface area contributed by atoms with Crippen LogP contribution in [-0.2, 0) is 0 Å². The Morgan fingerprint density at radius 1 is 1.09 bits per heavy atom. The molecule has 0 saturated carbocycles. The molecule has 0 aliphatic carbocycles. The van der Waals surface area contributed by atoms with Crippen molar-refractivity contribution in [1.82, 2.24) is 15.1 Å². The molecule has 1 fully saturated rings. The van der Waals surface area contributed by atoms with Gasteiger partial charge in [0.2, 0.25) is 0 Å². The lowest BCUT2D eigenvalue weighted by Crippen LogP contribution is -2.33. The summed E-state index contributed by atoms with van der Waals surface area (Å²) in [6.45, 7) is 3.94. The van der Waals surface area contributed by atoms with Crippen molar-refractivity contribution in [2.45, 2.75) is 19.3 Å². The number of hydrogen-bond donors (Lipinski definition) is 2. The number of ether oxygens (including phenoxy) is 1. The number of para-hydroxylation sites is 1. The first kappa shape index (κ1) is 21.9. The van der Waals surface area contributed by atoms with E-state index in [1.807, 2.05) is 61.5 Å². The van der Waals surface area contributed by atoms with Gasteiger partial charge in [0.15, 0.2) is 0 Å². The first-order valence-corrected chi connectivity index (χ1v) is 11.2. The Bertz CT molecular complexity index is 1020. The lowest BCUT2D eigenvalue weighted by atomic mass is 10.1. The van der Waals surface area contributed by atoms with E-state index in [9.17, 15) is 4.79 Å². The summed E-state index contributed by atoms with van der Waals surface area (Å²) in [5.41, 5.74) is 3.05. The number of nitrogens with one attached hydrogen (secondary N) is 2. The minimum Gasteiger partial charge on any atom is -0.492 e. The Balaban J connectivity index is 1.36. The van der Waals surface area contributed by atoms with Gasteiger partial charge in [-0.1, -0.05) is 24.6 Å². The molecule has 0 atom stereocenters. The Morgan fingerprint density at radius 2 is 1.84 bits per heavy atom. The maximum absolute atomic E-state index is 12.9. The normalized spacial score (nSPS) is 14.2. The fraction of sp³-hybridized carbons (Fsp3) is 0.360. The van der Waals surface area contributed by atoms with Crippen molar-refractivity contribution in [3.8, 4) is 17.0 Å². The number of piperidine rings is 1. The molecule has 3 aromatic rings. The molecule has 0 radical (unpaired) electrons. The van der Waals surface area contributed by atoms with Gasteiger partial charge in [0.1, 0.15) is 18.2 Å². The van der Waals surface area contributed by atoms with Crippen LogP contribution < -0.4 is 15.0 Å². The van der Waals surface area contributed by atoms with Crippen molar-refractivity contribution in [3.63, 3.8) is 0 Å². The van der Waals surface area contributed by atoms with Gasteiger partial charge in [0.05, 0.1) is 11.4 Å². The number of rotatable bonds is 8. The maximum Gasteiger partial charge on any atom is 0.255 e. The molecule has 1 aliphatic heterocycles. The van der Waals surface area contributed by atoms with Gasteiger partial charge in [-0.05, 0) is 56.3 Å². The van der Waals surface area contributed by atoms with Crippen LogP contribution in [0.1, 0.15) is 29.6 Å². The van der Waals surface area contributed by atoms with E-state index >= 15 is 0 Å². The zero-order valence-electron chi connectivity index (χ0n) is 18.8. The Labute approximate surface area is 189 Å². The van der Waals surface area contributed by atoms with Crippen LogP contribution in [0.5, 0.6) is 5.75 Å². The van der Waals surface area contributed by atoms with Crippen molar-refractivity contribution < 1.29 is 9.53 Å². The van der Waals surface area contributed by atoms with E-state index in [0.717, 1.165) is 35.1 Å². The minimum absolute atomic E-state index is 0.162. The molecule has 2 heterocycles. The maximum atomic E-state index is 12.9. The number of hydrogen-bond acceptors (Lipinski definition) is 5. The van der Waals surface area contributed by atoms with Crippen LogP contribution in [-0.4, -0.2) is 61.3 Å². The Hall–Kier alpha value is -3.32. The van der Waals surface area contributed by atoms with Gasteiger partial charge in [-0.2, -0.15) is 5.10 Å². The highest BCUT2D eigenvalue weighted by atomic mass is 16.5. The van der Waals surface area contributed by atoms with Crippen LogP contribution in [0.4, 0.5) is 11.5 Å². The summed E-state index contributed by atoms with van der Waals surface area (Å²) in [6, 6.07) is 17.0. The first-order valence-electron chi connectivity index (χ1n) is 11.2. The van der Waals surface area contributed by atoms with E-state index in [4.69, 9.17) is 4.74 Å². The summed E-state index contributed by atoms with van der Waals surface area (Å²) in [6.07, 6.45) is 3.90. The van der Waals surface area contributed by atoms with Crippen molar-refractivity contribution in [1.29, 1.82) is 0 Å². The molecule has 168 valence electrons. The first-order chi connectivity index (χ1) is 15.6. The molecular weight excluding hydrogens is 402 g/mol. The minimum atomic E-state index is -0.162. The van der Waals surface area contributed by atoms with Gasteiger partial charge in [-0.15, -0.1) is 0 Å². The summed E-state index contributed by atoms with van der Waals surface area (Å²) in [5.74, 6) is 1.45. The zero-order chi connectivity index (χ0) is 22.3. The number of benzene rings is 2. The molecule has 0 bridgehead atoms. The summed E-state index contributed by atoms with van der Waals surface area (Å²) >= 11 is 0. The van der Waals surface area contributed by atoms with Gasteiger partial charge < -0.3 is 15.0 Å². The molecule has 0 unspecified atom stereocenters. The number of likely N-dealkylation sites (tertiary alicyclic amines) is 1. The second-order valence-electron chi connectivity index (χ2n) is 8.31. The van der Waals surface area contributed by atoms with Crippen molar-refractivity contribution >= 4 is 17.4 Å². The number of carbonyl (C=O) groups is 1. The monoisotopic (exact) mass is 433 g/mol. The predicted molar refractivity (Wildman–Crippen MR) is 129 cm³/mol. The molecular formula is C25H31N5O2. The fourth-order valence-electron chi connectivity index (χ4n) is 3.88. The topological polar surface area (TPSA) is 73.5 Å². The third-order valence-corrected chi connectivity index (χ3v) is 5.73. The highest BCUT2D eigenvalue weighted by Gasteiger charge is 2.13. The van der Waals surface area contributed by atoms with Crippen molar-refractivity contribution in [2.24, 2.45) is 0 Å². The number of aromatic amines is 1. The van der Waals surface area contributed by atoms with Crippen LogP contribution in [0.15, 0.2) is 54.6 Å². The fourth-order valence-corrected chi connectivity index (χ4v) is 3.88. The Morgan fingerprint density at radius 3 is 2.56 bits per heavy atom. The molecule has 1 amide bonds. The van der Waals surface area contributed by atoms with Crippen molar-refractivity contribution in [2.75, 3.05) is 50.6 Å². The molecule has 1 saturated heterocycles. The van der Waals surface area contributed by atoms with E-state index < -0.39 is 0 Å². The van der Waals surface area contributed by atoms with Gasteiger partial charge in [-0.25, -0.2) is 0 Å². The molecule has 7 heteroatoms. The van der Waals surface area contributed by atoms with Gasteiger partial charge >= 0.3 is 0 Å². The molecule has 7 nitrogen and oxygen atoms in total. The number of H-pyrrole nitrogens is 1. The highest BCUT2D eigenvalue weighted by molar-refractivity contribution is 6.06. The molecule has 0 spiro atoms. The average molecular weight is 434 g/mol. The van der Waals surface area contributed by atoms with E-state index in [-0.39, 0.29) is 5.91 Å². The molecule has 2 aromatic carbocycles. The van der Waals surface area contributed by atoms with Gasteiger partial charge in [0.25, 0.3) is 5.91 Å². The zero-order valence-corrected chi connectivity index (χ0v) is 18.8. The second kappa shape index (κ2) is 10.3. The number of anilines is 2. The van der Waals surface area contributed by atoms with Gasteiger partial charge in [-0.3, -0.25) is 14.8 Å². The molecule has 2 N–H and O–H groups in total. The quantitative estimate of drug-likeness (QED) is 0.555. The van der Waals surface area contributed by atoms with Crippen LogP contribution in [0, 0.1) is 0 Å². The molecule has 1 aromatic heterocycles. The molecule has 32 heavy (non-hydrogen) atoms. The number of amides is 1. The standard InChI is InChI=1S/C25H31N5O2/c1-29(2)24-18-23(27-28-24)21-8-4-5-9-22(21)26-25(31)19-10-12-20(13-11-19)32-17-16-30-14-6-3-7-15-30/h4-5,8-13,18H,3,6-7,14-17H2,1-2H3,(H,26,31)(H,27,28). The summed E-state index contributed by atoms with van der Waals surface area (Å²) in [4.78, 5) is 17.2. The van der Waals surface area contributed by atoms with Crippen LogP contribution in [0.3, 0.4) is 0 Å². The molecule has 4 rings (SSSR count). The van der Waals surface area contributed by atoms with Gasteiger partial charge in [0, 0.05) is 37.8 Å². The average Bonchev–Trinajstić information content (AvgIpc) is 3.31. The third kappa shape index (κ3) is 5.48. The van der Waals surface area contributed by atoms with E-state index in [1.54, 1.807) is 12.1 Å². The third-order valence-electron chi connectivity index (χ3n) is 5.73. The smallest absolute Gasteiger partial charge is 0.255 e. The lowest BCUT2D eigenvalue weighted by molar-refractivity contribution is 0.102. The SMILES string of the molecule is CN(C)c1cc(-c2ccccc2NC(=O)c2ccc(OCCN3CCCCC3)cc2)[nH]n1. The second-order valence-corrected chi connectivity index (χ2v) is 8.31. The number of carbonyl (C=O) groups excluding carboxylic acids is 1. The van der Waals surface area contributed by atoms with Crippen LogP contribution in [0.25, 0.3) is 11.3 Å². The predicted octanol–water partition coefficient (Wildman–Crippen LogP) is 4.26. The van der Waals surface area contributed by atoms with Crippen molar-refractivity contribution in [3.05, 3.63) is 60.2 Å². The lowest BCUT2D eigenvalue weighted by Gasteiger charge is -2.26. The highest BCUT2D eigenvalue weighted by Crippen LogP contribution is 2.28. The summed E-state index contributed by atoms with van der Waals surface area (Å²) in [5, 5.41) is 10.4.